The average Bonchev–Trinajstić information content (AvgIpc) is 2.56. The number of rotatable bonds is 6. The molecule has 2 nitrogen and oxygen atoms in total. The summed E-state index contributed by atoms with van der Waals surface area (Å²) in [4.78, 5) is 8.82. The highest BCUT2D eigenvalue weighted by molar-refractivity contribution is 8.38. The van der Waals surface area contributed by atoms with Crippen LogP contribution in [-0.2, 0) is 5.75 Å². The van der Waals surface area contributed by atoms with Crippen LogP contribution in [0.5, 0.6) is 0 Å². The lowest BCUT2D eigenvalue weighted by Gasteiger charge is -2.07. The molecule has 23 heavy (non-hydrogen) atoms. The molecule has 1 aromatic heterocycles. The maximum atomic E-state index is 6.08. The van der Waals surface area contributed by atoms with E-state index in [1.807, 2.05) is 30.3 Å². The average molecular weight is 385 g/mol. The van der Waals surface area contributed by atoms with E-state index in [1.165, 1.54) is 12.8 Å². The van der Waals surface area contributed by atoms with Gasteiger partial charge in [0.15, 0.2) is 0 Å². The van der Waals surface area contributed by atoms with Crippen LogP contribution in [0.1, 0.15) is 25.3 Å². The predicted molar refractivity (Wildman–Crippen MR) is 106 cm³/mol. The number of pyridine rings is 1. The van der Waals surface area contributed by atoms with E-state index in [-0.39, 0.29) is 0 Å². The largest absolute Gasteiger partial charge is 0.262 e. The number of thioether (sulfide) groups is 2. The van der Waals surface area contributed by atoms with Crippen LogP contribution in [0, 0.1) is 0 Å². The summed E-state index contributed by atoms with van der Waals surface area (Å²) in [5, 5.41) is 1.18. The summed E-state index contributed by atoms with van der Waals surface area (Å²) < 4.78 is 1.05. The molecule has 1 aromatic carbocycles. The highest BCUT2D eigenvalue weighted by atomic mass is 35.5. The van der Waals surface area contributed by atoms with Gasteiger partial charge in [0, 0.05) is 11.9 Å². The Bertz CT molecular complexity index is 648. The summed E-state index contributed by atoms with van der Waals surface area (Å²) in [6, 6.07) is 9.61. The molecular weight excluding hydrogens is 367 g/mol. The lowest BCUT2D eigenvalue weighted by molar-refractivity contribution is 0.898. The highest BCUT2D eigenvalue weighted by Crippen LogP contribution is 2.28. The fourth-order valence-electron chi connectivity index (χ4n) is 1.71. The molecule has 0 atom stereocenters. The van der Waals surface area contributed by atoms with Crippen LogP contribution in [0.15, 0.2) is 47.7 Å². The summed E-state index contributed by atoms with van der Waals surface area (Å²) in [7, 11) is 0. The zero-order chi connectivity index (χ0) is 16.5. The van der Waals surface area contributed by atoms with Gasteiger partial charge in [0.1, 0.15) is 4.38 Å². The van der Waals surface area contributed by atoms with Gasteiger partial charge in [-0.1, -0.05) is 66.1 Å². The van der Waals surface area contributed by atoms with Gasteiger partial charge in [-0.25, -0.2) is 4.99 Å². The van der Waals surface area contributed by atoms with Crippen LogP contribution in [0.25, 0.3) is 0 Å². The normalized spacial score (nSPS) is 11.7. The molecule has 6 heteroatoms. The molecule has 0 N–H and O–H groups in total. The van der Waals surface area contributed by atoms with Crippen LogP contribution in [-0.4, -0.2) is 15.1 Å². The Morgan fingerprint density at radius 1 is 1.17 bits per heavy atom. The maximum Gasteiger partial charge on any atom is 0.130 e. The molecule has 0 saturated carbocycles. The minimum Gasteiger partial charge on any atom is -0.262 e. The lowest BCUT2D eigenvalue weighted by Crippen LogP contribution is -1.91. The van der Waals surface area contributed by atoms with Gasteiger partial charge in [-0.15, -0.1) is 0 Å². The van der Waals surface area contributed by atoms with Gasteiger partial charge >= 0.3 is 0 Å². The van der Waals surface area contributed by atoms with Crippen molar-refractivity contribution in [3.63, 3.8) is 0 Å². The summed E-state index contributed by atoms with van der Waals surface area (Å²) in [6.45, 7) is 2.20. The van der Waals surface area contributed by atoms with Crippen LogP contribution in [0.3, 0.4) is 0 Å². The molecule has 2 rings (SSSR count). The van der Waals surface area contributed by atoms with Gasteiger partial charge < -0.3 is 0 Å². The SMILES string of the molecule is CCCCSC(=Nc1cccnc1)SCc1ccc(Cl)c(Cl)c1. The van der Waals surface area contributed by atoms with Crippen molar-refractivity contribution in [2.45, 2.75) is 25.5 Å². The summed E-state index contributed by atoms with van der Waals surface area (Å²) in [5.74, 6) is 1.89. The lowest BCUT2D eigenvalue weighted by atomic mass is 10.2. The van der Waals surface area contributed by atoms with Gasteiger partial charge in [0.05, 0.1) is 21.9 Å². The Kier molecular flexibility index (Phi) is 8.31. The molecule has 0 fully saturated rings. The van der Waals surface area contributed by atoms with Crippen molar-refractivity contribution in [3.05, 3.63) is 58.3 Å². The summed E-state index contributed by atoms with van der Waals surface area (Å²) in [5.41, 5.74) is 2.02. The molecule has 0 unspecified atom stereocenters. The molecular formula is C17H18Cl2N2S2. The van der Waals surface area contributed by atoms with Crippen LogP contribution >= 0.6 is 46.7 Å². The number of unbranched alkanes of at least 4 members (excludes halogenated alkanes) is 1. The van der Waals surface area contributed by atoms with E-state index in [2.05, 4.69) is 11.9 Å². The van der Waals surface area contributed by atoms with Crippen molar-refractivity contribution in [1.29, 1.82) is 0 Å². The number of aliphatic imine (C=N–C) groups is 1. The Labute approximate surface area is 156 Å². The third kappa shape index (κ3) is 6.76. The monoisotopic (exact) mass is 384 g/mol. The fourth-order valence-corrected chi connectivity index (χ4v) is 4.21. The molecule has 0 aliphatic heterocycles. The zero-order valence-electron chi connectivity index (χ0n) is 12.8. The molecule has 0 aliphatic carbocycles. The van der Waals surface area contributed by atoms with Crippen molar-refractivity contribution in [1.82, 2.24) is 4.98 Å². The van der Waals surface area contributed by atoms with Crippen LogP contribution < -0.4 is 0 Å². The number of hydrogen-bond donors (Lipinski definition) is 0. The third-order valence-corrected chi connectivity index (χ3v) is 6.03. The minimum atomic E-state index is 0.585. The first kappa shape index (κ1) is 18.7. The second-order valence-electron chi connectivity index (χ2n) is 4.83. The van der Waals surface area contributed by atoms with E-state index < -0.39 is 0 Å². The second-order valence-corrected chi connectivity index (χ2v) is 7.95. The third-order valence-electron chi connectivity index (χ3n) is 2.94. The van der Waals surface area contributed by atoms with Gasteiger partial charge in [-0.2, -0.15) is 0 Å². The molecule has 0 aliphatic rings. The van der Waals surface area contributed by atoms with Crippen molar-refractivity contribution in [2.75, 3.05) is 5.75 Å². The Morgan fingerprint density at radius 2 is 2.04 bits per heavy atom. The number of nitrogens with zero attached hydrogens (tertiary/aromatic N) is 2. The molecule has 0 radical (unpaired) electrons. The molecule has 1 heterocycles. The van der Waals surface area contributed by atoms with Crippen LogP contribution in [0.4, 0.5) is 5.69 Å². The second kappa shape index (κ2) is 10.2. The smallest absolute Gasteiger partial charge is 0.130 e. The van der Waals surface area contributed by atoms with E-state index >= 15 is 0 Å². The van der Waals surface area contributed by atoms with Gasteiger partial charge in [0.25, 0.3) is 0 Å². The van der Waals surface area contributed by atoms with E-state index in [9.17, 15) is 0 Å². The first-order valence-corrected chi connectivity index (χ1v) is 10.1. The van der Waals surface area contributed by atoms with E-state index in [0.717, 1.165) is 27.1 Å². The van der Waals surface area contributed by atoms with Crippen LogP contribution in [0.2, 0.25) is 10.0 Å². The van der Waals surface area contributed by atoms with Crippen molar-refractivity contribution in [3.8, 4) is 0 Å². The molecule has 0 amide bonds. The summed E-state index contributed by atoms with van der Waals surface area (Å²) in [6.07, 6.45) is 5.90. The fraction of sp³-hybridized carbons (Fsp3) is 0.294. The van der Waals surface area contributed by atoms with E-state index in [1.54, 1.807) is 35.9 Å². The number of aromatic nitrogens is 1. The molecule has 0 spiro atoms. The quantitative estimate of drug-likeness (QED) is 0.309. The molecule has 2 aromatic rings. The first-order chi connectivity index (χ1) is 11.2. The number of hydrogen-bond acceptors (Lipinski definition) is 4. The van der Waals surface area contributed by atoms with Crippen molar-refractivity contribution >= 4 is 56.8 Å². The van der Waals surface area contributed by atoms with E-state index in [0.29, 0.717) is 10.0 Å². The Morgan fingerprint density at radius 3 is 2.74 bits per heavy atom. The minimum absolute atomic E-state index is 0.585. The number of benzene rings is 1. The van der Waals surface area contributed by atoms with E-state index in [4.69, 9.17) is 28.2 Å². The first-order valence-electron chi connectivity index (χ1n) is 7.37. The van der Waals surface area contributed by atoms with Crippen molar-refractivity contribution < 1.29 is 0 Å². The Hall–Kier alpha value is -0.680. The molecule has 122 valence electrons. The predicted octanol–water partition coefficient (Wildman–Crippen LogP) is 6.84. The maximum absolute atomic E-state index is 6.08. The highest BCUT2D eigenvalue weighted by Gasteiger charge is 2.05. The van der Waals surface area contributed by atoms with Gasteiger partial charge in [-0.05, 0) is 42.0 Å². The standard InChI is InChI=1S/C17H18Cl2N2S2/c1-2-3-9-22-17(21-14-5-4-8-20-11-14)23-12-13-6-7-15(18)16(19)10-13/h4-8,10-11H,2-3,9,12H2,1H3. The molecule has 0 bridgehead atoms. The zero-order valence-corrected chi connectivity index (χ0v) is 16.0. The number of halogens is 2. The van der Waals surface area contributed by atoms with Gasteiger partial charge in [-0.3, -0.25) is 4.98 Å². The van der Waals surface area contributed by atoms with Gasteiger partial charge in [0.2, 0.25) is 0 Å². The molecule has 0 saturated heterocycles. The Balaban J connectivity index is 2.04. The van der Waals surface area contributed by atoms with Crippen molar-refractivity contribution in [2.24, 2.45) is 4.99 Å². The topological polar surface area (TPSA) is 25.2 Å². The summed E-state index contributed by atoms with van der Waals surface area (Å²) >= 11 is 15.5.